The van der Waals surface area contributed by atoms with Crippen LogP contribution in [0.2, 0.25) is 0 Å². The van der Waals surface area contributed by atoms with Gasteiger partial charge >= 0.3 is 0 Å². The first-order valence-corrected chi connectivity index (χ1v) is 4.69. The molecule has 62 valence electrons. The van der Waals surface area contributed by atoms with Crippen molar-refractivity contribution in [1.82, 2.24) is 0 Å². The lowest BCUT2D eigenvalue weighted by Crippen LogP contribution is -1.88. The maximum Gasteiger partial charge on any atom is 0.0464 e. The van der Waals surface area contributed by atoms with Gasteiger partial charge in [-0.05, 0) is 43.4 Å². The van der Waals surface area contributed by atoms with Gasteiger partial charge < -0.3 is 5.11 Å². The van der Waals surface area contributed by atoms with Gasteiger partial charge in [-0.15, -0.1) is 0 Å². The summed E-state index contributed by atoms with van der Waals surface area (Å²) in [6, 6.07) is 0. The van der Waals surface area contributed by atoms with Crippen molar-refractivity contribution in [3.05, 3.63) is 12.2 Å². The highest BCUT2D eigenvalue weighted by molar-refractivity contribution is 5.00. The minimum Gasteiger partial charge on any atom is -0.396 e. The molecule has 0 aromatic heterocycles. The van der Waals surface area contributed by atoms with Crippen LogP contribution in [-0.2, 0) is 0 Å². The van der Waals surface area contributed by atoms with Gasteiger partial charge in [0.2, 0.25) is 0 Å². The van der Waals surface area contributed by atoms with Gasteiger partial charge in [0.1, 0.15) is 0 Å². The second kappa shape index (κ2) is 2.98. The van der Waals surface area contributed by atoms with Crippen molar-refractivity contribution in [2.75, 3.05) is 6.61 Å². The number of aliphatic hydroxyl groups is 1. The fourth-order valence-corrected chi connectivity index (χ4v) is 2.46. The third kappa shape index (κ3) is 1.34. The normalized spacial score (nSPS) is 42.5. The lowest BCUT2D eigenvalue weighted by atomic mass is 10.1. The minimum absolute atomic E-state index is 0.426. The Morgan fingerprint density at radius 2 is 1.64 bits per heavy atom. The summed E-state index contributed by atoms with van der Waals surface area (Å²) >= 11 is 0. The molecule has 1 nitrogen and oxygen atoms in total. The highest BCUT2D eigenvalue weighted by Crippen LogP contribution is 2.52. The summed E-state index contributed by atoms with van der Waals surface area (Å²) in [5.41, 5.74) is 0. The van der Waals surface area contributed by atoms with Crippen LogP contribution in [0, 0.1) is 17.8 Å². The average molecular weight is 152 g/mol. The summed E-state index contributed by atoms with van der Waals surface area (Å²) in [6.45, 7) is 0.426. The van der Waals surface area contributed by atoms with Crippen LogP contribution in [-0.4, -0.2) is 11.7 Å². The molecule has 1 heteroatoms. The van der Waals surface area contributed by atoms with Crippen molar-refractivity contribution in [1.29, 1.82) is 0 Å². The molecule has 0 aromatic rings. The van der Waals surface area contributed by atoms with Crippen LogP contribution >= 0.6 is 0 Å². The number of hydrogen-bond acceptors (Lipinski definition) is 1. The molecule has 1 fully saturated rings. The smallest absolute Gasteiger partial charge is 0.0464 e. The van der Waals surface area contributed by atoms with Crippen molar-refractivity contribution >= 4 is 0 Å². The number of aliphatic hydroxyl groups excluding tert-OH is 1. The van der Waals surface area contributed by atoms with Crippen molar-refractivity contribution in [3.63, 3.8) is 0 Å². The van der Waals surface area contributed by atoms with Crippen molar-refractivity contribution in [3.8, 4) is 0 Å². The van der Waals surface area contributed by atoms with E-state index in [2.05, 4.69) is 12.2 Å². The molecule has 2 rings (SSSR count). The SMILES string of the molecule is OCC1[C@H]2CCC=CCC[C@@H]12. The van der Waals surface area contributed by atoms with E-state index in [1.807, 2.05) is 0 Å². The zero-order valence-corrected chi connectivity index (χ0v) is 6.87. The van der Waals surface area contributed by atoms with Crippen LogP contribution in [0.4, 0.5) is 0 Å². The molecule has 11 heavy (non-hydrogen) atoms. The Bertz CT molecular complexity index is 146. The molecular formula is C10H16O. The summed E-state index contributed by atoms with van der Waals surface area (Å²) in [5.74, 6) is 2.39. The van der Waals surface area contributed by atoms with Crippen molar-refractivity contribution in [2.45, 2.75) is 25.7 Å². The second-order valence-corrected chi connectivity index (χ2v) is 3.80. The Labute approximate surface area is 68.1 Å². The van der Waals surface area contributed by atoms with Crippen LogP contribution < -0.4 is 0 Å². The lowest BCUT2D eigenvalue weighted by molar-refractivity contribution is 0.262. The Morgan fingerprint density at radius 3 is 2.09 bits per heavy atom. The van der Waals surface area contributed by atoms with Gasteiger partial charge in [-0.2, -0.15) is 0 Å². The molecule has 2 aliphatic carbocycles. The van der Waals surface area contributed by atoms with Gasteiger partial charge in [0.15, 0.2) is 0 Å². The van der Waals surface area contributed by atoms with Gasteiger partial charge in [-0.1, -0.05) is 12.2 Å². The van der Waals surface area contributed by atoms with E-state index in [0.29, 0.717) is 12.5 Å². The van der Waals surface area contributed by atoms with Crippen LogP contribution in [0.25, 0.3) is 0 Å². The molecule has 1 unspecified atom stereocenters. The number of allylic oxidation sites excluding steroid dienone is 2. The molecule has 1 saturated carbocycles. The first-order chi connectivity index (χ1) is 5.43. The molecule has 0 aliphatic heterocycles. The van der Waals surface area contributed by atoms with Crippen LogP contribution in [0.1, 0.15) is 25.7 Å². The molecule has 0 radical (unpaired) electrons. The van der Waals surface area contributed by atoms with E-state index in [0.717, 1.165) is 11.8 Å². The van der Waals surface area contributed by atoms with Gasteiger partial charge in [0, 0.05) is 6.61 Å². The Hall–Kier alpha value is -0.300. The van der Waals surface area contributed by atoms with Crippen LogP contribution in [0.5, 0.6) is 0 Å². The molecule has 1 N–H and O–H groups in total. The van der Waals surface area contributed by atoms with E-state index >= 15 is 0 Å². The number of fused-ring (bicyclic) bond motifs is 1. The second-order valence-electron chi connectivity index (χ2n) is 3.80. The fraction of sp³-hybridized carbons (Fsp3) is 0.800. The van der Waals surface area contributed by atoms with E-state index in [1.54, 1.807) is 0 Å². The number of hydrogen-bond donors (Lipinski definition) is 1. The van der Waals surface area contributed by atoms with E-state index in [4.69, 9.17) is 5.11 Å². The van der Waals surface area contributed by atoms with E-state index in [9.17, 15) is 0 Å². The highest BCUT2D eigenvalue weighted by atomic mass is 16.3. The summed E-state index contributed by atoms with van der Waals surface area (Å²) in [4.78, 5) is 0. The Balaban J connectivity index is 1.91. The third-order valence-electron chi connectivity index (χ3n) is 3.22. The Morgan fingerprint density at radius 1 is 1.09 bits per heavy atom. The molecule has 0 heterocycles. The zero-order valence-electron chi connectivity index (χ0n) is 6.87. The highest BCUT2D eigenvalue weighted by Gasteiger charge is 2.47. The predicted molar refractivity (Wildman–Crippen MR) is 45.2 cm³/mol. The molecule has 0 bridgehead atoms. The molecule has 3 atom stereocenters. The van der Waals surface area contributed by atoms with Gasteiger partial charge in [-0.25, -0.2) is 0 Å². The van der Waals surface area contributed by atoms with Crippen molar-refractivity contribution in [2.24, 2.45) is 17.8 Å². The van der Waals surface area contributed by atoms with Crippen LogP contribution in [0.3, 0.4) is 0 Å². The van der Waals surface area contributed by atoms with E-state index < -0.39 is 0 Å². The zero-order chi connectivity index (χ0) is 7.68. The monoisotopic (exact) mass is 152 g/mol. The van der Waals surface area contributed by atoms with E-state index in [-0.39, 0.29) is 0 Å². The maximum absolute atomic E-state index is 9.00. The topological polar surface area (TPSA) is 20.2 Å². The van der Waals surface area contributed by atoms with Crippen LogP contribution in [0.15, 0.2) is 12.2 Å². The van der Waals surface area contributed by atoms with Gasteiger partial charge in [0.25, 0.3) is 0 Å². The van der Waals surface area contributed by atoms with Crippen molar-refractivity contribution < 1.29 is 5.11 Å². The largest absolute Gasteiger partial charge is 0.396 e. The standard InChI is InChI=1S/C10H16O/c11-7-10-8-5-3-1-2-4-6-9(8)10/h1-2,8-11H,3-7H2/t8-,9+,10?. The lowest BCUT2D eigenvalue weighted by Gasteiger charge is -1.99. The third-order valence-corrected chi connectivity index (χ3v) is 3.22. The first-order valence-electron chi connectivity index (χ1n) is 4.69. The quantitative estimate of drug-likeness (QED) is 0.569. The maximum atomic E-state index is 9.00. The van der Waals surface area contributed by atoms with Gasteiger partial charge in [0.05, 0.1) is 0 Å². The average Bonchev–Trinajstić information content (AvgIpc) is 2.60. The summed E-state index contributed by atoms with van der Waals surface area (Å²) < 4.78 is 0. The summed E-state index contributed by atoms with van der Waals surface area (Å²) in [6.07, 6.45) is 9.68. The molecule has 0 saturated heterocycles. The predicted octanol–water partition coefficient (Wildman–Crippen LogP) is 1.97. The molecule has 0 spiro atoms. The molecule has 2 aliphatic rings. The summed E-state index contributed by atoms with van der Waals surface area (Å²) in [5, 5.41) is 9.00. The fourth-order valence-electron chi connectivity index (χ4n) is 2.46. The first kappa shape index (κ1) is 7.35. The van der Waals surface area contributed by atoms with E-state index in [1.165, 1.54) is 25.7 Å². The molecule has 0 amide bonds. The Kier molecular flexibility index (Phi) is 1.99. The molecule has 0 aromatic carbocycles. The molecular weight excluding hydrogens is 136 g/mol. The van der Waals surface area contributed by atoms with Gasteiger partial charge in [-0.3, -0.25) is 0 Å². The minimum atomic E-state index is 0.426. The number of rotatable bonds is 1. The summed E-state index contributed by atoms with van der Waals surface area (Å²) in [7, 11) is 0.